The summed E-state index contributed by atoms with van der Waals surface area (Å²) in [5.41, 5.74) is 2.35. The lowest BCUT2D eigenvalue weighted by Crippen LogP contribution is -2.44. The maximum atomic E-state index is 13.0. The molecule has 0 saturated carbocycles. The Balaban J connectivity index is 1.70. The van der Waals surface area contributed by atoms with Crippen molar-refractivity contribution >= 4 is 43.6 Å². The van der Waals surface area contributed by atoms with Gasteiger partial charge in [-0.25, -0.2) is 8.42 Å². The molecule has 1 atom stereocenters. The molecular weight excluding hydrogens is 430 g/mol. The monoisotopic (exact) mass is 459 g/mol. The molecule has 172 valence electrons. The number of sulfonamides is 1. The van der Waals surface area contributed by atoms with Gasteiger partial charge in [-0.2, -0.15) is 4.72 Å². The Kier molecular flexibility index (Phi) is 6.15. The summed E-state index contributed by atoms with van der Waals surface area (Å²) in [7, 11) is -1.91. The zero-order valence-electron chi connectivity index (χ0n) is 18.5. The minimum absolute atomic E-state index is 0.0210. The molecule has 0 bridgehead atoms. The standard InChI is InChI=1S/C23H29N3O5S/c1-15(2)12-20(23(27)28)24-32(29,30)17-5-7-22-19(14-17)18-13-16(4-6-21(18)31-22)26-10-8-25(3)9-11-26/h4-7,13-15,20,24H,8-12H2,1-3H3,(H,27,28)/t20-/m0/s1. The number of furan rings is 1. The Bertz CT molecular complexity index is 1240. The van der Waals surface area contributed by atoms with Crippen LogP contribution in [0.1, 0.15) is 20.3 Å². The Labute approximate surface area is 187 Å². The lowest BCUT2D eigenvalue weighted by atomic mass is 10.1. The number of nitrogens with one attached hydrogen (secondary N) is 1. The highest BCUT2D eigenvalue weighted by molar-refractivity contribution is 7.89. The summed E-state index contributed by atoms with van der Waals surface area (Å²) in [4.78, 5) is 16.2. The third kappa shape index (κ3) is 4.60. The van der Waals surface area contributed by atoms with Crippen molar-refractivity contribution in [3.63, 3.8) is 0 Å². The van der Waals surface area contributed by atoms with Crippen molar-refractivity contribution in [3.05, 3.63) is 36.4 Å². The van der Waals surface area contributed by atoms with E-state index in [1.165, 1.54) is 6.07 Å². The second-order valence-electron chi connectivity index (χ2n) is 8.87. The number of carboxylic acids is 1. The number of carboxylic acid groups (broad SMARTS) is 1. The minimum Gasteiger partial charge on any atom is -0.480 e. The van der Waals surface area contributed by atoms with Gasteiger partial charge < -0.3 is 19.3 Å². The van der Waals surface area contributed by atoms with Gasteiger partial charge in [-0.1, -0.05) is 13.8 Å². The van der Waals surface area contributed by atoms with Gasteiger partial charge in [0.2, 0.25) is 10.0 Å². The Morgan fingerprint density at radius 1 is 1.06 bits per heavy atom. The van der Waals surface area contributed by atoms with E-state index in [9.17, 15) is 18.3 Å². The van der Waals surface area contributed by atoms with E-state index in [1.54, 1.807) is 12.1 Å². The number of nitrogens with zero attached hydrogens (tertiary/aromatic N) is 2. The van der Waals surface area contributed by atoms with E-state index in [0.29, 0.717) is 16.6 Å². The first kappa shape index (κ1) is 22.6. The minimum atomic E-state index is -4.01. The third-order valence-electron chi connectivity index (χ3n) is 5.91. The van der Waals surface area contributed by atoms with Crippen LogP contribution in [0.4, 0.5) is 5.69 Å². The van der Waals surface area contributed by atoms with Crippen molar-refractivity contribution in [1.82, 2.24) is 9.62 Å². The summed E-state index contributed by atoms with van der Waals surface area (Å²) in [6.07, 6.45) is 0.208. The number of hydrogen-bond acceptors (Lipinski definition) is 6. The maximum Gasteiger partial charge on any atom is 0.321 e. The second-order valence-corrected chi connectivity index (χ2v) is 10.6. The smallest absolute Gasteiger partial charge is 0.321 e. The number of benzene rings is 2. The lowest BCUT2D eigenvalue weighted by molar-refractivity contribution is -0.139. The Hall–Kier alpha value is -2.62. The average Bonchev–Trinajstić information content (AvgIpc) is 3.10. The molecule has 32 heavy (non-hydrogen) atoms. The molecule has 1 fully saturated rings. The van der Waals surface area contributed by atoms with Gasteiger partial charge in [0.05, 0.1) is 4.90 Å². The molecule has 1 aromatic heterocycles. The van der Waals surface area contributed by atoms with E-state index in [0.717, 1.165) is 37.3 Å². The topological polar surface area (TPSA) is 103 Å². The third-order valence-corrected chi connectivity index (χ3v) is 7.37. The van der Waals surface area contributed by atoms with Crippen LogP contribution in [0.15, 0.2) is 45.7 Å². The summed E-state index contributed by atoms with van der Waals surface area (Å²) in [5, 5.41) is 11.0. The second kappa shape index (κ2) is 8.73. The fourth-order valence-corrected chi connectivity index (χ4v) is 5.33. The predicted octanol–water partition coefficient (Wildman–Crippen LogP) is 3.12. The molecule has 2 heterocycles. The van der Waals surface area contributed by atoms with E-state index in [1.807, 2.05) is 32.0 Å². The molecule has 2 N–H and O–H groups in total. The quantitative estimate of drug-likeness (QED) is 0.560. The van der Waals surface area contributed by atoms with Crippen LogP contribution in [0.25, 0.3) is 21.9 Å². The zero-order valence-corrected chi connectivity index (χ0v) is 19.4. The number of piperazine rings is 1. The fraction of sp³-hybridized carbons (Fsp3) is 0.435. The normalized spacial score (nSPS) is 16.8. The molecular formula is C23H29N3O5S. The van der Waals surface area contributed by atoms with E-state index in [-0.39, 0.29) is 17.2 Å². The number of fused-ring (bicyclic) bond motifs is 3. The first-order chi connectivity index (χ1) is 15.1. The van der Waals surface area contributed by atoms with Gasteiger partial charge in [0.1, 0.15) is 17.2 Å². The Morgan fingerprint density at radius 2 is 1.69 bits per heavy atom. The lowest BCUT2D eigenvalue weighted by Gasteiger charge is -2.34. The number of anilines is 1. The van der Waals surface area contributed by atoms with Crippen LogP contribution in [-0.2, 0) is 14.8 Å². The fourth-order valence-electron chi connectivity index (χ4n) is 4.10. The molecule has 3 aromatic rings. The van der Waals surface area contributed by atoms with Crippen molar-refractivity contribution in [3.8, 4) is 0 Å². The van der Waals surface area contributed by atoms with Crippen molar-refractivity contribution in [1.29, 1.82) is 0 Å². The van der Waals surface area contributed by atoms with Crippen LogP contribution in [0, 0.1) is 5.92 Å². The van der Waals surface area contributed by atoms with Gasteiger partial charge >= 0.3 is 5.97 Å². The molecule has 0 aliphatic carbocycles. The number of hydrogen-bond donors (Lipinski definition) is 2. The van der Waals surface area contributed by atoms with Crippen LogP contribution in [0.3, 0.4) is 0 Å². The first-order valence-electron chi connectivity index (χ1n) is 10.8. The van der Waals surface area contributed by atoms with Crippen molar-refractivity contribution in [2.75, 3.05) is 38.1 Å². The van der Waals surface area contributed by atoms with E-state index in [2.05, 4.69) is 21.6 Å². The van der Waals surface area contributed by atoms with Crippen LogP contribution < -0.4 is 9.62 Å². The number of aliphatic carboxylic acids is 1. The molecule has 0 spiro atoms. The number of rotatable bonds is 7. The van der Waals surface area contributed by atoms with E-state index < -0.39 is 22.0 Å². The Morgan fingerprint density at radius 3 is 2.31 bits per heavy atom. The van der Waals surface area contributed by atoms with Crippen LogP contribution >= 0.6 is 0 Å². The summed E-state index contributed by atoms with van der Waals surface area (Å²) in [5.74, 6) is -1.15. The largest absolute Gasteiger partial charge is 0.480 e. The predicted molar refractivity (Wildman–Crippen MR) is 125 cm³/mol. The van der Waals surface area contributed by atoms with Crippen LogP contribution in [0.5, 0.6) is 0 Å². The summed E-state index contributed by atoms with van der Waals surface area (Å²) >= 11 is 0. The van der Waals surface area contributed by atoms with Crippen molar-refractivity contribution in [2.45, 2.75) is 31.2 Å². The highest BCUT2D eigenvalue weighted by Crippen LogP contribution is 2.33. The number of likely N-dealkylation sites (N-methyl/N-ethyl adjacent to an activating group) is 1. The van der Waals surface area contributed by atoms with Gasteiger partial charge in [0.15, 0.2) is 0 Å². The first-order valence-corrected chi connectivity index (χ1v) is 12.3. The van der Waals surface area contributed by atoms with Gasteiger partial charge in [-0.15, -0.1) is 0 Å². The number of carbonyl (C=O) groups is 1. The highest BCUT2D eigenvalue weighted by atomic mass is 32.2. The van der Waals surface area contributed by atoms with E-state index in [4.69, 9.17) is 4.42 Å². The van der Waals surface area contributed by atoms with Gasteiger partial charge in [-0.3, -0.25) is 4.79 Å². The van der Waals surface area contributed by atoms with Gasteiger partial charge in [0, 0.05) is 42.6 Å². The summed E-state index contributed by atoms with van der Waals surface area (Å²) < 4.78 is 34.2. The van der Waals surface area contributed by atoms with Crippen molar-refractivity contribution < 1.29 is 22.7 Å². The zero-order chi connectivity index (χ0) is 23.0. The summed E-state index contributed by atoms with van der Waals surface area (Å²) in [6.45, 7) is 7.53. The SMILES string of the molecule is CC(C)C[C@H](NS(=O)(=O)c1ccc2oc3ccc(N4CCN(C)CC4)cc3c2c1)C(=O)O. The summed E-state index contributed by atoms with van der Waals surface area (Å²) in [6, 6.07) is 9.43. The highest BCUT2D eigenvalue weighted by Gasteiger charge is 2.27. The molecule has 0 amide bonds. The average molecular weight is 460 g/mol. The van der Waals surface area contributed by atoms with Crippen LogP contribution in [-0.4, -0.2) is 63.7 Å². The maximum absolute atomic E-state index is 13.0. The molecule has 2 aromatic carbocycles. The molecule has 1 aliphatic heterocycles. The van der Waals surface area contributed by atoms with Gasteiger partial charge in [-0.05, 0) is 55.8 Å². The molecule has 0 unspecified atom stereocenters. The molecule has 0 radical (unpaired) electrons. The van der Waals surface area contributed by atoms with Crippen molar-refractivity contribution in [2.24, 2.45) is 5.92 Å². The molecule has 1 saturated heterocycles. The van der Waals surface area contributed by atoms with E-state index >= 15 is 0 Å². The molecule has 1 aliphatic rings. The molecule has 9 heteroatoms. The van der Waals surface area contributed by atoms with Crippen LogP contribution in [0.2, 0.25) is 0 Å². The molecule has 8 nitrogen and oxygen atoms in total. The molecule has 4 rings (SSSR count). The van der Waals surface area contributed by atoms with Gasteiger partial charge in [0.25, 0.3) is 0 Å².